The van der Waals surface area contributed by atoms with Crippen LogP contribution in [0.2, 0.25) is 0 Å². The van der Waals surface area contributed by atoms with Crippen molar-refractivity contribution in [2.75, 3.05) is 20.2 Å². The van der Waals surface area contributed by atoms with Crippen molar-refractivity contribution >= 4 is 17.2 Å². The number of aliphatic hydroxyl groups is 1. The van der Waals surface area contributed by atoms with E-state index in [4.69, 9.17) is 4.74 Å². The van der Waals surface area contributed by atoms with Crippen molar-refractivity contribution in [2.24, 2.45) is 5.41 Å². The van der Waals surface area contributed by atoms with Crippen LogP contribution in [0.25, 0.3) is 0 Å². The average molecular weight is 323 g/mol. The van der Waals surface area contributed by atoms with Gasteiger partial charge in [0.25, 0.3) is 5.91 Å². The van der Waals surface area contributed by atoms with Gasteiger partial charge in [-0.2, -0.15) is 0 Å². The minimum Gasteiger partial charge on any atom is -0.392 e. The number of aryl methyl sites for hydroxylation is 1. The van der Waals surface area contributed by atoms with E-state index >= 15 is 0 Å². The predicted molar refractivity (Wildman–Crippen MR) is 87.3 cm³/mol. The number of nitrogens with zero attached hydrogens (tertiary/aromatic N) is 1. The standard InChI is InChI=1S/C17H25NO3S/c1-3-4-13-9-12(11-22-13)16(20)18-7-5-17(6-8-18)14(19)10-15(17)21-2/h9,11,14-15,19H,3-8,10H2,1-2H3/t14-,15+/m0/s1. The monoisotopic (exact) mass is 323 g/mol. The zero-order valence-corrected chi connectivity index (χ0v) is 14.2. The largest absolute Gasteiger partial charge is 0.392 e. The lowest BCUT2D eigenvalue weighted by Gasteiger charge is -2.56. The summed E-state index contributed by atoms with van der Waals surface area (Å²) in [6.45, 7) is 3.59. The summed E-state index contributed by atoms with van der Waals surface area (Å²) in [4.78, 5) is 15.8. The van der Waals surface area contributed by atoms with Crippen LogP contribution >= 0.6 is 11.3 Å². The third-order valence-corrected chi connectivity index (χ3v) is 6.40. The molecule has 122 valence electrons. The van der Waals surface area contributed by atoms with E-state index in [1.54, 1.807) is 18.4 Å². The topological polar surface area (TPSA) is 49.8 Å². The number of hydrogen-bond donors (Lipinski definition) is 1. The maximum absolute atomic E-state index is 12.6. The van der Waals surface area contributed by atoms with E-state index in [0.29, 0.717) is 13.1 Å². The summed E-state index contributed by atoms with van der Waals surface area (Å²) in [5.74, 6) is 0.135. The first-order chi connectivity index (χ1) is 10.6. The smallest absolute Gasteiger partial charge is 0.254 e. The number of aliphatic hydroxyl groups excluding tert-OH is 1. The summed E-state index contributed by atoms with van der Waals surface area (Å²) in [5, 5.41) is 12.1. The number of hydrogen-bond acceptors (Lipinski definition) is 4. The minimum atomic E-state index is -0.271. The molecular weight excluding hydrogens is 298 g/mol. The Labute approximate surface area is 136 Å². The highest BCUT2D eigenvalue weighted by atomic mass is 32.1. The first-order valence-electron chi connectivity index (χ1n) is 8.18. The van der Waals surface area contributed by atoms with Gasteiger partial charge >= 0.3 is 0 Å². The van der Waals surface area contributed by atoms with Crippen LogP contribution in [0.1, 0.15) is 47.8 Å². The summed E-state index contributed by atoms with van der Waals surface area (Å²) < 4.78 is 5.50. The summed E-state index contributed by atoms with van der Waals surface area (Å²) in [6, 6.07) is 2.04. The Morgan fingerprint density at radius 3 is 2.82 bits per heavy atom. The summed E-state index contributed by atoms with van der Waals surface area (Å²) in [7, 11) is 1.72. The highest BCUT2D eigenvalue weighted by molar-refractivity contribution is 7.10. The van der Waals surface area contributed by atoms with Crippen molar-refractivity contribution < 1.29 is 14.6 Å². The van der Waals surface area contributed by atoms with Crippen molar-refractivity contribution in [3.63, 3.8) is 0 Å². The molecule has 1 aliphatic heterocycles. The Morgan fingerprint density at radius 1 is 1.50 bits per heavy atom. The number of carbonyl (C=O) groups is 1. The molecule has 1 aromatic rings. The molecule has 2 heterocycles. The molecule has 5 heteroatoms. The van der Waals surface area contributed by atoms with E-state index in [0.717, 1.165) is 37.7 Å². The molecule has 1 N–H and O–H groups in total. The van der Waals surface area contributed by atoms with Crippen molar-refractivity contribution in [2.45, 2.75) is 51.2 Å². The highest BCUT2D eigenvalue weighted by Crippen LogP contribution is 2.50. The lowest BCUT2D eigenvalue weighted by atomic mass is 9.58. The molecule has 22 heavy (non-hydrogen) atoms. The quantitative estimate of drug-likeness (QED) is 0.927. The van der Waals surface area contributed by atoms with Crippen LogP contribution in [0.15, 0.2) is 11.4 Å². The van der Waals surface area contributed by atoms with E-state index in [9.17, 15) is 9.90 Å². The molecule has 0 bridgehead atoms. The first kappa shape index (κ1) is 16.0. The Morgan fingerprint density at radius 2 is 2.23 bits per heavy atom. The number of rotatable bonds is 4. The van der Waals surface area contributed by atoms with Crippen molar-refractivity contribution in [1.82, 2.24) is 4.90 Å². The lowest BCUT2D eigenvalue weighted by Crippen LogP contribution is -2.62. The number of amides is 1. The molecule has 1 amide bonds. The van der Waals surface area contributed by atoms with Gasteiger partial charge in [-0.15, -0.1) is 11.3 Å². The van der Waals surface area contributed by atoms with Crippen LogP contribution in [0.3, 0.4) is 0 Å². The number of thiophene rings is 1. The number of carbonyl (C=O) groups excluding carboxylic acids is 1. The first-order valence-corrected chi connectivity index (χ1v) is 9.06. The van der Waals surface area contributed by atoms with Crippen LogP contribution in [-0.2, 0) is 11.2 Å². The van der Waals surface area contributed by atoms with E-state index in [-0.39, 0.29) is 23.5 Å². The van der Waals surface area contributed by atoms with Gasteiger partial charge in [-0.25, -0.2) is 0 Å². The van der Waals surface area contributed by atoms with Gasteiger partial charge in [0.1, 0.15) is 0 Å². The molecule has 1 saturated heterocycles. The second kappa shape index (κ2) is 6.30. The third kappa shape index (κ3) is 2.59. The fourth-order valence-corrected chi connectivity index (χ4v) is 4.86. The van der Waals surface area contributed by atoms with Crippen LogP contribution < -0.4 is 0 Å². The van der Waals surface area contributed by atoms with Gasteiger partial charge in [0.15, 0.2) is 0 Å². The molecule has 2 fully saturated rings. The fourth-order valence-electron chi connectivity index (χ4n) is 3.89. The van der Waals surface area contributed by atoms with E-state index in [1.165, 1.54) is 4.88 Å². The Balaban J connectivity index is 1.62. The second-order valence-electron chi connectivity index (χ2n) is 6.55. The van der Waals surface area contributed by atoms with E-state index < -0.39 is 0 Å². The van der Waals surface area contributed by atoms with Gasteiger partial charge in [0.05, 0.1) is 17.8 Å². The number of likely N-dealkylation sites (tertiary alicyclic amines) is 1. The molecule has 0 aromatic carbocycles. The maximum atomic E-state index is 12.6. The average Bonchev–Trinajstić information content (AvgIpc) is 3.00. The normalized spacial score (nSPS) is 27.0. The van der Waals surface area contributed by atoms with E-state index in [1.807, 2.05) is 16.3 Å². The molecule has 0 unspecified atom stereocenters. The highest BCUT2D eigenvalue weighted by Gasteiger charge is 2.56. The summed E-state index contributed by atoms with van der Waals surface area (Å²) >= 11 is 1.68. The molecule has 3 rings (SSSR count). The van der Waals surface area contributed by atoms with Gasteiger partial charge in [-0.1, -0.05) is 13.3 Å². The van der Waals surface area contributed by atoms with Crippen molar-refractivity contribution in [1.29, 1.82) is 0 Å². The van der Waals surface area contributed by atoms with Crippen LogP contribution in [0.5, 0.6) is 0 Å². The predicted octanol–water partition coefficient (Wildman–Crippen LogP) is 2.70. The molecule has 1 saturated carbocycles. The molecule has 4 nitrogen and oxygen atoms in total. The molecular formula is C17H25NO3S. The lowest BCUT2D eigenvalue weighted by molar-refractivity contribution is -0.199. The molecule has 1 aliphatic carbocycles. The van der Waals surface area contributed by atoms with Crippen molar-refractivity contribution in [3.8, 4) is 0 Å². The van der Waals surface area contributed by atoms with Gasteiger partial charge in [0, 0.05) is 42.3 Å². The fraction of sp³-hybridized carbons (Fsp3) is 0.706. The molecule has 2 atom stereocenters. The minimum absolute atomic E-state index is 0.118. The summed E-state index contributed by atoms with van der Waals surface area (Å²) in [5.41, 5.74) is 0.704. The summed E-state index contributed by atoms with van der Waals surface area (Å²) in [6.07, 6.45) is 4.44. The van der Waals surface area contributed by atoms with Crippen LogP contribution in [-0.4, -0.2) is 48.3 Å². The number of ether oxygens (including phenoxy) is 1. The molecule has 0 radical (unpaired) electrons. The third-order valence-electron chi connectivity index (χ3n) is 5.41. The number of methoxy groups -OCH3 is 1. The van der Waals surface area contributed by atoms with Crippen LogP contribution in [0.4, 0.5) is 0 Å². The number of piperidine rings is 1. The van der Waals surface area contributed by atoms with Gasteiger partial charge in [-0.05, 0) is 25.3 Å². The molecule has 1 spiro atoms. The molecule has 1 aromatic heterocycles. The Bertz CT molecular complexity index is 534. The SMILES string of the molecule is CCCc1cc(C(=O)N2CCC3(CC2)[C@@H](O)C[C@H]3OC)cs1. The van der Waals surface area contributed by atoms with Gasteiger partial charge in [-0.3, -0.25) is 4.79 Å². The zero-order chi connectivity index (χ0) is 15.7. The van der Waals surface area contributed by atoms with Gasteiger partial charge < -0.3 is 14.7 Å². The Kier molecular flexibility index (Phi) is 4.57. The van der Waals surface area contributed by atoms with Crippen LogP contribution in [0, 0.1) is 5.41 Å². The second-order valence-corrected chi connectivity index (χ2v) is 7.55. The van der Waals surface area contributed by atoms with E-state index in [2.05, 4.69) is 6.92 Å². The van der Waals surface area contributed by atoms with Gasteiger partial charge in [0.2, 0.25) is 0 Å². The van der Waals surface area contributed by atoms with Crippen molar-refractivity contribution in [3.05, 3.63) is 21.9 Å². The zero-order valence-electron chi connectivity index (χ0n) is 13.4. The Hall–Kier alpha value is -0.910. The molecule has 2 aliphatic rings. The maximum Gasteiger partial charge on any atom is 0.254 e.